The van der Waals surface area contributed by atoms with Crippen LogP contribution in [0.25, 0.3) is 11.8 Å². The van der Waals surface area contributed by atoms with E-state index in [0.29, 0.717) is 33.3 Å². The van der Waals surface area contributed by atoms with Crippen molar-refractivity contribution < 1.29 is 4.79 Å². The lowest BCUT2D eigenvalue weighted by atomic mass is 10.1. The molecular weight excluding hydrogens is 400 g/mol. The first-order valence-corrected chi connectivity index (χ1v) is 9.90. The predicted octanol–water partition coefficient (Wildman–Crippen LogP) is 4.55. The topological polar surface area (TPSA) is 70.5 Å². The number of aromatic nitrogens is 2. The average molecular weight is 421 g/mol. The van der Waals surface area contributed by atoms with Gasteiger partial charge in [0.2, 0.25) is 0 Å². The molecule has 0 radical (unpaired) electrons. The van der Waals surface area contributed by atoms with Crippen molar-refractivity contribution in [1.29, 1.82) is 0 Å². The molecular formula is C23H21ClN4O2. The lowest BCUT2D eigenvalue weighted by Gasteiger charge is -2.11. The molecule has 2 heterocycles. The summed E-state index contributed by atoms with van der Waals surface area (Å²) in [6, 6.07) is 12.8. The normalized spacial score (nSPS) is 15.2. The fourth-order valence-electron chi connectivity index (χ4n) is 3.39. The Morgan fingerprint density at radius 3 is 2.43 bits per heavy atom. The zero-order valence-electron chi connectivity index (χ0n) is 17.2. The summed E-state index contributed by atoms with van der Waals surface area (Å²) in [5, 5.41) is 9.29. The Morgan fingerprint density at radius 2 is 1.73 bits per heavy atom. The number of carbonyl (C=O) groups is 1. The molecule has 0 atom stereocenters. The third-order valence-corrected chi connectivity index (χ3v) is 5.50. The Kier molecular flexibility index (Phi) is 4.95. The van der Waals surface area contributed by atoms with Crippen LogP contribution < -0.4 is 10.6 Å². The second-order valence-corrected chi connectivity index (χ2v) is 7.84. The van der Waals surface area contributed by atoms with Crippen molar-refractivity contribution in [3.8, 4) is 5.69 Å². The molecule has 1 amide bonds. The van der Waals surface area contributed by atoms with Crippen molar-refractivity contribution in [3.05, 3.63) is 85.8 Å². The van der Waals surface area contributed by atoms with Crippen LogP contribution in [0.3, 0.4) is 0 Å². The highest BCUT2D eigenvalue weighted by Crippen LogP contribution is 2.27. The van der Waals surface area contributed by atoms with E-state index in [2.05, 4.69) is 10.2 Å². The Morgan fingerprint density at radius 1 is 0.967 bits per heavy atom. The van der Waals surface area contributed by atoms with Gasteiger partial charge in [-0.3, -0.25) is 14.7 Å². The molecule has 1 aliphatic heterocycles. The van der Waals surface area contributed by atoms with E-state index < -0.39 is 0 Å². The summed E-state index contributed by atoms with van der Waals surface area (Å²) in [5.74, 6) is -0.299. The fraction of sp³-hybridized carbons (Fsp3) is 0.174. The molecule has 0 saturated heterocycles. The number of amides is 1. The monoisotopic (exact) mass is 420 g/mol. The molecule has 2 aromatic carbocycles. The second-order valence-electron chi connectivity index (χ2n) is 7.40. The smallest absolute Gasteiger partial charge is 0.280 e. The van der Waals surface area contributed by atoms with Gasteiger partial charge in [0.15, 0.2) is 0 Å². The van der Waals surface area contributed by atoms with Gasteiger partial charge in [0.05, 0.1) is 28.2 Å². The van der Waals surface area contributed by atoms with Crippen molar-refractivity contribution in [1.82, 2.24) is 9.78 Å². The molecule has 0 aliphatic carbocycles. The van der Waals surface area contributed by atoms with Crippen LogP contribution in [0.4, 0.5) is 5.69 Å². The van der Waals surface area contributed by atoms with E-state index in [1.807, 2.05) is 39.0 Å². The van der Waals surface area contributed by atoms with Crippen LogP contribution in [-0.2, 0) is 4.79 Å². The van der Waals surface area contributed by atoms with Gasteiger partial charge in [0.25, 0.3) is 11.5 Å². The number of hydrogen-bond donors (Lipinski definition) is 1. The van der Waals surface area contributed by atoms with Gasteiger partial charge in [-0.25, -0.2) is 4.68 Å². The lowest BCUT2D eigenvalue weighted by molar-refractivity contribution is -0.114. The number of benzene rings is 2. The third-order valence-electron chi connectivity index (χ3n) is 5.27. The molecule has 0 fully saturated rings. The summed E-state index contributed by atoms with van der Waals surface area (Å²) in [6.45, 7) is 7.59. The minimum absolute atomic E-state index is 0.218. The quantitative estimate of drug-likeness (QED) is 0.631. The molecule has 7 heteroatoms. The summed E-state index contributed by atoms with van der Waals surface area (Å²) in [6.07, 6.45) is 1.61. The summed E-state index contributed by atoms with van der Waals surface area (Å²) in [5.41, 5.74) is 5.38. The number of aromatic amines is 1. The summed E-state index contributed by atoms with van der Waals surface area (Å²) in [4.78, 5) is 26.1. The highest BCUT2D eigenvalue weighted by Gasteiger charge is 2.29. The molecule has 1 aliphatic rings. The Balaban J connectivity index is 1.74. The van der Waals surface area contributed by atoms with Gasteiger partial charge >= 0.3 is 0 Å². The number of H-pyrrole nitrogens is 1. The molecule has 30 heavy (non-hydrogen) atoms. The van der Waals surface area contributed by atoms with Crippen molar-refractivity contribution in [2.75, 3.05) is 5.01 Å². The number of carbonyl (C=O) groups excluding carboxylic acids is 1. The number of nitrogens with one attached hydrogen (secondary N) is 1. The number of aryl methyl sites for hydroxylation is 3. The summed E-state index contributed by atoms with van der Waals surface area (Å²) < 4.78 is 1.49. The number of halogens is 1. The predicted molar refractivity (Wildman–Crippen MR) is 121 cm³/mol. The van der Waals surface area contributed by atoms with E-state index in [9.17, 15) is 9.59 Å². The van der Waals surface area contributed by atoms with Gasteiger partial charge in [-0.15, -0.1) is 0 Å². The largest absolute Gasteiger partial charge is 0.295 e. The maximum atomic E-state index is 13.1. The third kappa shape index (κ3) is 3.39. The SMILES string of the molecule is CC1=NN(c2cccc(Cl)c2)C(=O)/C1=C/c1c(C)[nH]n(-c2ccc(C)c(C)c2)c1=O. The molecule has 152 valence electrons. The first kappa shape index (κ1) is 19.9. The molecule has 6 nitrogen and oxygen atoms in total. The number of nitrogens with zero attached hydrogens (tertiary/aromatic N) is 3. The maximum Gasteiger partial charge on any atom is 0.280 e. The summed E-state index contributed by atoms with van der Waals surface area (Å²) >= 11 is 6.05. The van der Waals surface area contributed by atoms with Gasteiger partial charge in [-0.1, -0.05) is 23.7 Å². The van der Waals surface area contributed by atoms with Gasteiger partial charge in [0, 0.05) is 10.7 Å². The van der Waals surface area contributed by atoms with E-state index in [0.717, 1.165) is 16.8 Å². The van der Waals surface area contributed by atoms with Crippen molar-refractivity contribution >= 4 is 35.0 Å². The van der Waals surface area contributed by atoms with E-state index in [1.54, 1.807) is 37.3 Å². The number of rotatable bonds is 3. The highest BCUT2D eigenvalue weighted by atomic mass is 35.5. The zero-order valence-corrected chi connectivity index (χ0v) is 17.9. The van der Waals surface area contributed by atoms with Crippen molar-refractivity contribution in [2.45, 2.75) is 27.7 Å². The van der Waals surface area contributed by atoms with Gasteiger partial charge in [-0.05, 0) is 75.2 Å². The first-order valence-electron chi connectivity index (χ1n) is 9.53. The Hall–Kier alpha value is -3.38. The fourth-order valence-corrected chi connectivity index (χ4v) is 3.57. The van der Waals surface area contributed by atoms with Crippen LogP contribution in [0.15, 0.2) is 57.9 Å². The van der Waals surface area contributed by atoms with Crippen molar-refractivity contribution in [2.24, 2.45) is 5.10 Å². The number of anilines is 1. The maximum absolute atomic E-state index is 13.1. The van der Waals surface area contributed by atoms with E-state index in [-0.39, 0.29) is 11.5 Å². The van der Waals surface area contributed by atoms with Crippen molar-refractivity contribution in [3.63, 3.8) is 0 Å². The molecule has 1 N–H and O–H groups in total. The second kappa shape index (κ2) is 7.46. The van der Waals surface area contributed by atoms with Gasteiger partial charge in [0.1, 0.15) is 0 Å². The average Bonchev–Trinajstić information content (AvgIpc) is 3.15. The number of hydrogen-bond acceptors (Lipinski definition) is 3. The van der Waals surface area contributed by atoms with E-state index >= 15 is 0 Å². The standard InChI is InChI=1S/C23H21ClN4O2/c1-13-8-9-19(10-14(13)2)28-23(30)21(16(4)26-28)12-20-15(3)25-27(22(20)29)18-7-5-6-17(24)11-18/h5-12,26H,1-4H3/b20-12+. The van der Waals surface area contributed by atoms with Crippen LogP contribution in [-0.4, -0.2) is 21.4 Å². The molecule has 0 bridgehead atoms. The zero-order chi connectivity index (χ0) is 21.6. The van der Waals surface area contributed by atoms with Crippen LogP contribution >= 0.6 is 11.6 Å². The van der Waals surface area contributed by atoms with E-state index in [4.69, 9.17) is 11.6 Å². The highest BCUT2D eigenvalue weighted by molar-refractivity contribution is 6.33. The molecule has 4 rings (SSSR count). The Labute approximate surface area is 179 Å². The lowest BCUT2D eigenvalue weighted by Crippen LogP contribution is -2.22. The molecule has 1 aromatic heterocycles. The Bertz CT molecular complexity index is 1300. The molecule has 0 saturated carbocycles. The minimum Gasteiger partial charge on any atom is -0.295 e. The molecule has 0 unspecified atom stereocenters. The van der Waals surface area contributed by atoms with Crippen LogP contribution in [0.2, 0.25) is 5.02 Å². The minimum atomic E-state index is -0.299. The van der Waals surface area contributed by atoms with Crippen LogP contribution in [0.1, 0.15) is 29.3 Å². The molecule has 0 spiro atoms. The molecule has 3 aromatic rings. The van der Waals surface area contributed by atoms with Crippen LogP contribution in [0, 0.1) is 20.8 Å². The van der Waals surface area contributed by atoms with Crippen LogP contribution in [0.5, 0.6) is 0 Å². The van der Waals surface area contributed by atoms with Gasteiger partial charge in [-0.2, -0.15) is 10.1 Å². The summed E-state index contributed by atoms with van der Waals surface area (Å²) in [7, 11) is 0. The first-order chi connectivity index (χ1) is 14.3. The van der Waals surface area contributed by atoms with E-state index in [1.165, 1.54) is 9.69 Å². The number of hydrazone groups is 1. The van der Waals surface area contributed by atoms with Gasteiger partial charge < -0.3 is 0 Å².